The molecule has 1 aliphatic heterocycles. The summed E-state index contributed by atoms with van der Waals surface area (Å²) in [6, 6.07) is 6.56. The number of carbonyl (C=O) groups excluding carboxylic acids is 1. The second-order valence-electron chi connectivity index (χ2n) is 7.00. The first-order chi connectivity index (χ1) is 13.8. The number of rotatable bonds is 2. The Morgan fingerprint density at radius 1 is 1.14 bits per heavy atom. The molecule has 152 valence electrons. The molecule has 5 nitrogen and oxygen atoms in total. The third-order valence-corrected chi connectivity index (χ3v) is 5.19. The van der Waals surface area contributed by atoms with E-state index in [2.05, 4.69) is 5.16 Å². The highest BCUT2D eigenvalue weighted by atomic mass is 19.3. The van der Waals surface area contributed by atoms with Gasteiger partial charge in [0.05, 0.1) is 17.0 Å². The lowest BCUT2D eigenvalue weighted by atomic mass is 9.99. The van der Waals surface area contributed by atoms with Crippen LogP contribution in [0, 0.1) is 11.6 Å². The third-order valence-electron chi connectivity index (χ3n) is 5.19. The highest BCUT2D eigenvalue weighted by molar-refractivity contribution is 6.09. The minimum Gasteiger partial charge on any atom is -0.355 e. The number of aromatic nitrogens is 1. The second kappa shape index (κ2) is 7.14. The fraction of sp³-hybridized carbons (Fsp3) is 0.300. The van der Waals surface area contributed by atoms with Gasteiger partial charge in [0.2, 0.25) is 0 Å². The van der Waals surface area contributed by atoms with Gasteiger partial charge < -0.3 is 15.2 Å². The van der Waals surface area contributed by atoms with Crippen LogP contribution in [0.3, 0.4) is 0 Å². The van der Waals surface area contributed by atoms with Crippen molar-refractivity contribution in [2.45, 2.75) is 24.8 Å². The Kier molecular flexibility index (Phi) is 4.77. The number of amides is 1. The lowest BCUT2D eigenvalue weighted by Gasteiger charge is -2.20. The van der Waals surface area contributed by atoms with Crippen LogP contribution in [-0.4, -0.2) is 41.0 Å². The zero-order chi connectivity index (χ0) is 20.8. The van der Waals surface area contributed by atoms with Crippen molar-refractivity contribution in [1.29, 1.82) is 0 Å². The highest BCUT2D eigenvalue weighted by Gasteiger charge is 2.40. The van der Waals surface area contributed by atoms with Crippen LogP contribution >= 0.6 is 0 Å². The molecule has 0 unspecified atom stereocenters. The van der Waals surface area contributed by atoms with Gasteiger partial charge in [0.15, 0.2) is 11.3 Å². The topological polar surface area (TPSA) is 72.4 Å². The Labute approximate surface area is 163 Å². The largest absolute Gasteiger partial charge is 0.355 e. The lowest BCUT2D eigenvalue weighted by Crippen LogP contribution is -2.40. The molecule has 0 radical (unpaired) electrons. The summed E-state index contributed by atoms with van der Waals surface area (Å²) in [5, 5.41) is 3.90. The van der Waals surface area contributed by atoms with Gasteiger partial charge in [-0.25, -0.2) is 17.6 Å². The molecule has 29 heavy (non-hydrogen) atoms. The maximum atomic E-state index is 14.4. The standard InChI is InChI=1S/C20H17F4N3O2/c21-12-4-2-5-13(22)16(12)11-3-1-6-14-17(11)18(26-29-14)19(28)27-9-7-15(25)20(23,24)8-10-27/h1-6,15H,7-10,25H2/t15-/m1/s1. The number of hydrogen-bond donors (Lipinski definition) is 1. The van der Waals surface area contributed by atoms with Gasteiger partial charge in [-0.3, -0.25) is 4.79 Å². The number of alkyl halides is 2. The van der Waals surface area contributed by atoms with Gasteiger partial charge in [-0.2, -0.15) is 0 Å². The molecule has 0 spiro atoms. The molecule has 1 fully saturated rings. The van der Waals surface area contributed by atoms with Gasteiger partial charge in [-0.1, -0.05) is 23.4 Å². The van der Waals surface area contributed by atoms with E-state index in [4.69, 9.17) is 10.3 Å². The minimum atomic E-state index is -3.08. The molecule has 1 saturated heterocycles. The van der Waals surface area contributed by atoms with Gasteiger partial charge in [-0.05, 0) is 24.6 Å². The number of likely N-dealkylation sites (tertiary alicyclic amines) is 1. The van der Waals surface area contributed by atoms with Crippen LogP contribution in [-0.2, 0) is 0 Å². The fourth-order valence-electron chi connectivity index (χ4n) is 3.54. The van der Waals surface area contributed by atoms with E-state index in [1.54, 1.807) is 0 Å². The monoisotopic (exact) mass is 407 g/mol. The lowest BCUT2D eigenvalue weighted by molar-refractivity contribution is -0.0291. The minimum absolute atomic E-state index is 0.0141. The summed E-state index contributed by atoms with van der Waals surface area (Å²) in [5.41, 5.74) is 5.26. The van der Waals surface area contributed by atoms with Crippen molar-refractivity contribution in [1.82, 2.24) is 10.1 Å². The summed E-state index contributed by atoms with van der Waals surface area (Å²) >= 11 is 0. The summed E-state index contributed by atoms with van der Waals surface area (Å²) < 4.78 is 61.7. The van der Waals surface area contributed by atoms with Crippen molar-refractivity contribution in [3.05, 3.63) is 53.7 Å². The Balaban J connectivity index is 1.79. The number of nitrogens with zero attached hydrogens (tertiary/aromatic N) is 2. The van der Waals surface area contributed by atoms with E-state index >= 15 is 0 Å². The number of nitrogens with two attached hydrogens (primary N) is 1. The zero-order valence-corrected chi connectivity index (χ0v) is 15.2. The smallest absolute Gasteiger partial charge is 0.276 e. The molecule has 2 heterocycles. The van der Waals surface area contributed by atoms with E-state index in [0.717, 1.165) is 12.1 Å². The molecule has 2 aromatic carbocycles. The van der Waals surface area contributed by atoms with Crippen LogP contribution in [0.25, 0.3) is 22.1 Å². The van der Waals surface area contributed by atoms with Gasteiger partial charge in [0.25, 0.3) is 11.8 Å². The number of fused-ring (bicyclic) bond motifs is 1. The molecule has 0 saturated carbocycles. The van der Waals surface area contributed by atoms with Gasteiger partial charge in [0.1, 0.15) is 11.6 Å². The van der Waals surface area contributed by atoms with Crippen LogP contribution in [0.15, 0.2) is 40.9 Å². The van der Waals surface area contributed by atoms with E-state index in [1.807, 2.05) is 0 Å². The van der Waals surface area contributed by atoms with Crippen LogP contribution in [0.1, 0.15) is 23.3 Å². The quantitative estimate of drug-likeness (QED) is 0.653. The Morgan fingerprint density at radius 3 is 2.55 bits per heavy atom. The number of hydrogen-bond acceptors (Lipinski definition) is 4. The molecule has 3 aromatic rings. The number of halogens is 4. The van der Waals surface area contributed by atoms with E-state index < -0.39 is 35.9 Å². The van der Waals surface area contributed by atoms with Crippen molar-refractivity contribution < 1.29 is 26.9 Å². The normalized spacial score (nSPS) is 19.3. The Bertz CT molecular complexity index is 1060. The van der Waals surface area contributed by atoms with Crippen LogP contribution < -0.4 is 5.73 Å². The fourth-order valence-corrected chi connectivity index (χ4v) is 3.54. The molecule has 0 bridgehead atoms. The van der Waals surface area contributed by atoms with Crippen LogP contribution in [0.5, 0.6) is 0 Å². The highest BCUT2D eigenvalue weighted by Crippen LogP contribution is 2.35. The molecule has 0 aliphatic carbocycles. The Hall–Kier alpha value is -2.94. The first kappa shape index (κ1) is 19.4. The average Bonchev–Trinajstić information content (AvgIpc) is 3.06. The average molecular weight is 407 g/mol. The maximum absolute atomic E-state index is 14.4. The van der Waals surface area contributed by atoms with Gasteiger partial charge >= 0.3 is 0 Å². The molecule has 2 N–H and O–H groups in total. The van der Waals surface area contributed by atoms with E-state index in [9.17, 15) is 22.4 Å². The SMILES string of the molecule is N[C@@H]1CCN(C(=O)c2noc3cccc(-c4c(F)cccc4F)c23)CCC1(F)F. The van der Waals surface area contributed by atoms with Crippen molar-refractivity contribution in [2.24, 2.45) is 5.73 Å². The van der Waals surface area contributed by atoms with Crippen molar-refractivity contribution in [2.75, 3.05) is 13.1 Å². The summed E-state index contributed by atoms with van der Waals surface area (Å²) in [4.78, 5) is 14.2. The summed E-state index contributed by atoms with van der Waals surface area (Å²) in [7, 11) is 0. The van der Waals surface area contributed by atoms with Crippen molar-refractivity contribution >= 4 is 16.9 Å². The molecule has 1 amide bonds. The van der Waals surface area contributed by atoms with Crippen molar-refractivity contribution in [3.8, 4) is 11.1 Å². The Morgan fingerprint density at radius 2 is 1.83 bits per heavy atom. The molecule has 4 rings (SSSR count). The number of benzene rings is 2. The first-order valence-corrected chi connectivity index (χ1v) is 9.05. The molecule has 1 atom stereocenters. The van der Waals surface area contributed by atoms with Gasteiger partial charge in [0, 0.05) is 25.1 Å². The molecule has 9 heteroatoms. The third kappa shape index (κ3) is 3.35. The molecule has 1 aliphatic rings. The second-order valence-corrected chi connectivity index (χ2v) is 7.00. The molecular weight excluding hydrogens is 390 g/mol. The zero-order valence-electron chi connectivity index (χ0n) is 15.2. The number of carbonyl (C=O) groups is 1. The molecule has 1 aromatic heterocycles. The maximum Gasteiger partial charge on any atom is 0.276 e. The van der Waals surface area contributed by atoms with E-state index in [1.165, 1.54) is 29.2 Å². The van der Waals surface area contributed by atoms with Crippen molar-refractivity contribution in [3.63, 3.8) is 0 Å². The summed E-state index contributed by atoms with van der Waals surface area (Å²) in [6.45, 7) is -0.204. The van der Waals surface area contributed by atoms with Crippen LogP contribution in [0.4, 0.5) is 17.6 Å². The van der Waals surface area contributed by atoms with Crippen LogP contribution in [0.2, 0.25) is 0 Å². The molecular formula is C20H17F4N3O2. The van der Waals surface area contributed by atoms with E-state index in [-0.39, 0.29) is 47.3 Å². The summed E-state index contributed by atoms with van der Waals surface area (Å²) in [5.74, 6) is -5.35. The predicted octanol–water partition coefficient (Wildman–Crippen LogP) is 3.97. The van der Waals surface area contributed by atoms with Gasteiger partial charge in [-0.15, -0.1) is 0 Å². The summed E-state index contributed by atoms with van der Waals surface area (Å²) in [6.07, 6.45) is -0.659. The first-order valence-electron chi connectivity index (χ1n) is 9.05. The van der Waals surface area contributed by atoms with E-state index in [0.29, 0.717) is 0 Å². The predicted molar refractivity (Wildman–Crippen MR) is 97.4 cm³/mol.